The van der Waals surface area contributed by atoms with Gasteiger partial charge in [0.1, 0.15) is 0 Å². The van der Waals surface area contributed by atoms with Gasteiger partial charge >= 0.3 is 5.69 Å². The molecular weight excluding hydrogens is 360 g/mol. The number of nitrogens with one attached hydrogen (secondary N) is 1. The van der Waals surface area contributed by atoms with Gasteiger partial charge in [-0.3, -0.25) is 14.3 Å². The predicted molar refractivity (Wildman–Crippen MR) is 97.8 cm³/mol. The first-order valence-corrected chi connectivity index (χ1v) is 10.0. The molecule has 0 spiro atoms. The molecule has 1 aliphatic rings. The number of aromatic nitrogens is 2. The molecule has 1 saturated heterocycles. The Morgan fingerprint density at radius 1 is 1.19 bits per heavy atom. The lowest BCUT2D eigenvalue weighted by Gasteiger charge is -2.45. The molecule has 148 valence electrons. The van der Waals surface area contributed by atoms with Crippen LogP contribution in [0.25, 0.3) is 0 Å². The second-order valence-corrected chi connectivity index (χ2v) is 9.29. The minimum absolute atomic E-state index is 0.0607. The van der Waals surface area contributed by atoms with Gasteiger partial charge < -0.3 is 9.30 Å². The Morgan fingerprint density at radius 3 is 2.27 bits per heavy atom. The number of ether oxygens (including phenoxy) is 1. The van der Waals surface area contributed by atoms with Crippen LogP contribution in [0.5, 0.6) is 0 Å². The van der Waals surface area contributed by atoms with Crippen molar-refractivity contribution in [3.05, 3.63) is 27.0 Å². The van der Waals surface area contributed by atoms with E-state index in [1.807, 2.05) is 27.7 Å². The van der Waals surface area contributed by atoms with Crippen LogP contribution in [0.4, 0.5) is 0 Å². The number of nitrogens with zero attached hydrogens (tertiary/aromatic N) is 3. The van der Waals surface area contributed by atoms with Crippen molar-refractivity contribution in [3.8, 4) is 0 Å². The monoisotopic (exact) mass is 388 g/mol. The van der Waals surface area contributed by atoms with Crippen LogP contribution in [-0.4, -0.2) is 59.8 Å². The Morgan fingerprint density at radius 2 is 1.73 bits per heavy atom. The molecule has 1 fully saturated rings. The van der Waals surface area contributed by atoms with Gasteiger partial charge in [0.05, 0.1) is 12.2 Å². The fraction of sp³-hybridized carbons (Fsp3) is 0.750. The summed E-state index contributed by atoms with van der Waals surface area (Å²) in [6.45, 7) is 9.37. The van der Waals surface area contributed by atoms with Crippen molar-refractivity contribution in [3.63, 3.8) is 0 Å². The molecular formula is C16H28N4O5S. The Kier molecular flexibility index (Phi) is 5.81. The maximum atomic E-state index is 12.6. The van der Waals surface area contributed by atoms with Crippen LogP contribution in [0.3, 0.4) is 0 Å². The van der Waals surface area contributed by atoms with Crippen LogP contribution < -0.4 is 16.0 Å². The van der Waals surface area contributed by atoms with Crippen LogP contribution >= 0.6 is 0 Å². The van der Waals surface area contributed by atoms with Crippen molar-refractivity contribution in [1.29, 1.82) is 0 Å². The van der Waals surface area contributed by atoms with Gasteiger partial charge in [0.15, 0.2) is 4.90 Å². The van der Waals surface area contributed by atoms with E-state index in [0.29, 0.717) is 13.1 Å². The van der Waals surface area contributed by atoms with Crippen LogP contribution in [0.2, 0.25) is 0 Å². The highest BCUT2D eigenvalue weighted by atomic mass is 32.2. The van der Waals surface area contributed by atoms with Gasteiger partial charge in [0.25, 0.3) is 5.56 Å². The van der Waals surface area contributed by atoms with Crippen molar-refractivity contribution in [2.75, 3.05) is 19.6 Å². The highest BCUT2D eigenvalue weighted by molar-refractivity contribution is 7.89. The number of morpholine rings is 1. The van der Waals surface area contributed by atoms with Crippen molar-refractivity contribution in [1.82, 2.24) is 18.8 Å². The summed E-state index contributed by atoms with van der Waals surface area (Å²) in [5, 5.41) is 0. The minimum Gasteiger partial charge on any atom is -0.373 e. The predicted octanol–water partition coefficient (Wildman–Crippen LogP) is -0.750. The summed E-state index contributed by atoms with van der Waals surface area (Å²) in [5.74, 6) is 0. The summed E-state index contributed by atoms with van der Waals surface area (Å²) in [6, 6.07) is 0. The molecule has 2 heterocycles. The topological polar surface area (TPSA) is 103 Å². The van der Waals surface area contributed by atoms with Crippen LogP contribution in [0.15, 0.2) is 20.7 Å². The Hall–Kier alpha value is -1.49. The van der Waals surface area contributed by atoms with Crippen molar-refractivity contribution >= 4 is 10.0 Å². The lowest BCUT2D eigenvalue weighted by Crippen LogP contribution is -2.58. The second-order valence-electron chi connectivity index (χ2n) is 7.55. The quantitative estimate of drug-likeness (QED) is 0.712. The molecule has 0 aromatic carbocycles. The largest absolute Gasteiger partial charge is 0.373 e. The summed E-state index contributed by atoms with van der Waals surface area (Å²) in [4.78, 5) is 25.7. The van der Waals surface area contributed by atoms with E-state index in [-0.39, 0.29) is 18.8 Å². The zero-order chi connectivity index (χ0) is 19.9. The summed E-state index contributed by atoms with van der Waals surface area (Å²) < 4.78 is 35.4. The van der Waals surface area contributed by atoms with Crippen molar-refractivity contribution in [2.45, 2.75) is 50.3 Å². The first-order chi connectivity index (χ1) is 11.8. The SMILES string of the molecule is C[C@@H]1CN(C(C)(C)CNS(=O)(=O)c2cn(C)c(=O)n(C)c2=O)C[C@H](C)O1. The number of sulfonamides is 1. The molecule has 1 N–H and O–H groups in total. The molecule has 2 rings (SSSR count). The average molecular weight is 388 g/mol. The van der Waals surface area contributed by atoms with E-state index in [0.717, 1.165) is 15.3 Å². The van der Waals surface area contributed by atoms with Gasteiger partial charge in [0.2, 0.25) is 10.0 Å². The molecule has 1 aromatic heterocycles. The molecule has 26 heavy (non-hydrogen) atoms. The Labute approximate surface area is 153 Å². The highest BCUT2D eigenvalue weighted by Crippen LogP contribution is 2.21. The fourth-order valence-corrected chi connectivity index (χ4v) is 4.46. The molecule has 0 radical (unpaired) electrons. The van der Waals surface area contributed by atoms with E-state index >= 15 is 0 Å². The highest BCUT2D eigenvalue weighted by Gasteiger charge is 2.34. The second kappa shape index (κ2) is 7.26. The molecule has 0 aliphatic carbocycles. The van der Waals surface area contributed by atoms with Crippen LogP contribution in [0.1, 0.15) is 27.7 Å². The maximum Gasteiger partial charge on any atom is 0.330 e. The van der Waals surface area contributed by atoms with E-state index in [4.69, 9.17) is 4.74 Å². The van der Waals surface area contributed by atoms with E-state index in [9.17, 15) is 18.0 Å². The van der Waals surface area contributed by atoms with E-state index in [1.54, 1.807) is 0 Å². The third-order valence-electron chi connectivity index (χ3n) is 4.67. The summed E-state index contributed by atoms with van der Waals surface area (Å²) in [5.41, 5.74) is -1.89. The summed E-state index contributed by atoms with van der Waals surface area (Å²) >= 11 is 0. The first-order valence-electron chi connectivity index (χ1n) is 8.52. The van der Waals surface area contributed by atoms with Crippen LogP contribution in [-0.2, 0) is 28.9 Å². The average Bonchev–Trinajstić information content (AvgIpc) is 2.53. The van der Waals surface area contributed by atoms with Gasteiger partial charge in [0, 0.05) is 45.5 Å². The van der Waals surface area contributed by atoms with Gasteiger partial charge in [-0.2, -0.15) is 0 Å². The third kappa shape index (κ3) is 4.25. The van der Waals surface area contributed by atoms with Gasteiger partial charge in [-0.15, -0.1) is 0 Å². The van der Waals surface area contributed by atoms with Gasteiger partial charge in [-0.25, -0.2) is 17.9 Å². The number of rotatable bonds is 5. The Bertz CT molecular complexity index is 877. The smallest absolute Gasteiger partial charge is 0.330 e. The molecule has 2 atom stereocenters. The zero-order valence-electron chi connectivity index (χ0n) is 16.1. The molecule has 9 nitrogen and oxygen atoms in total. The summed E-state index contributed by atoms with van der Waals surface area (Å²) in [7, 11) is -1.39. The zero-order valence-corrected chi connectivity index (χ0v) is 17.0. The lowest BCUT2D eigenvalue weighted by molar-refractivity contribution is -0.0945. The molecule has 0 saturated carbocycles. The molecule has 10 heteroatoms. The molecule has 0 amide bonds. The maximum absolute atomic E-state index is 12.6. The minimum atomic E-state index is -4.05. The van der Waals surface area contributed by atoms with Gasteiger partial charge in [-0.1, -0.05) is 0 Å². The standard InChI is InChI=1S/C16H28N4O5S/c1-11-7-20(8-12(2)25-11)16(3,4)10-17-26(23,24)13-9-18(5)15(22)19(6)14(13)21/h9,11-12,17H,7-8,10H2,1-6H3/t11-,12+. The molecule has 0 bridgehead atoms. The number of aryl methyl sites for hydroxylation is 1. The number of hydrogen-bond donors (Lipinski definition) is 1. The normalized spacial score (nSPS) is 22.5. The molecule has 1 aliphatic heterocycles. The molecule has 1 aromatic rings. The van der Waals surface area contributed by atoms with Gasteiger partial charge in [-0.05, 0) is 27.7 Å². The molecule has 0 unspecified atom stereocenters. The lowest BCUT2D eigenvalue weighted by atomic mass is 10.0. The summed E-state index contributed by atoms with van der Waals surface area (Å²) in [6.07, 6.45) is 1.18. The van der Waals surface area contributed by atoms with E-state index in [2.05, 4.69) is 9.62 Å². The van der Waals surface area contributed by atoms with E-state index in [1.165, 1.54) is 14.1 Å². The third-order valence-corrected chi connectivity index (χ3v) is 6.06. The Balaban J connectivity index is 2.23. The van der Waals surface area contributed by atoms with Crippen molar-refractivity contribution in [2.24, 2.45) is 14.1 Å². The first kappa shape index (κ1) is 20.8. The number of hydrogen-bond acceptors (Lipinski definition) is 6. The fourth-order valence-electron chi connectivity index (χ4n) is 3.09. The van der Waals surface area contributed by atoms with Crippen molar-refractivity contribution < 1.29 is 13.2 Å². The van der Waals surface area contributed by atoms with Crippen LogP contribution in [0, 0.1) is 0 Å². The van der Waals surface area contributed by atoms with E-state index < -0.39 is 31.7 Å².